The zero-order valence-corrected chi connectivity index (χ0v) is 16.3. The molecule has 1 heterocycles. The summed E-state index contributed by atoms with van der Waals surface area (Å²) in [6.07, 6.45) is 6.63. The second-order valence-corrected chi connectivity index (χ2v) is 8.07. The first-order valence-corrected chi connectivity index (χ1v) is 10.2. The molecule has 0 atom stereocenters. The number of benzene rings is 1. The molecule has 2 saturated carbocycles. The predicted octanol–water partition coefficient (Wildman–Crippen LogP) is 3.71. The van der Waals surface area contributed by atoms with E-state index in [-0.39, 0.29) is 23.6 Å². The first-order valence-electron chi connectivity index (χ1n) is 10.2. The summed E-state index contributed by atoms with van der Waals surface area (Å²) in [5.74, 6) is 0.950. The van der Waals surface area contributed by atoms with Gasteiger partial charge in [0.1, 0.15) is 0 Å². The van der Waals surface area contributed by atoms with Gasteiger partial charge in [0.2, 0.25) is 0 Å². The van der Waals surface area contributed by atoms with Crippen LogP contribution in [0.5, 0.6) is 0 Å². The molecule has 0 bridgehead atoms. The molecule has 1 aromatic carbocycles. The van der Waals surface area contributed by atoms with Crippen LogP contribution in [-0.4, -0.2) is 34.5 Å². The summed E-state index contributed by atoms with van der Waals surface area (Å²) in [4.78, 5) is 27.2. The zero-order chi connectivity index (χ0) is 19.5. The fraction of sp³-hybridized carbons (Fsp3) is 0.500. The van der Waals surface area contributed by atoms with Crippen molar-refractivity contribution in [2.75, 3.05) is 6.54 Å². The Morgan fingerprint density at radius 2 is 1.86 bits per heavy atom. The number of hydrogen-bond acceptors (Lipinski definition) is 4. The minimum absolute atomic E-state index is 0.00281. The van der Waals surface area contributed by atoms with Gasteiger partial charge >= 0.3 is 0 Å². The van der Waals surface area contributed by atoms with Crippen LogP contribution in [0.15, 0.2) is 34.9 Å². The van der Waals surface area contributed by atoms with E-state index in [1.54, 1.807) is 6.07 Å². The van der Waals surface area contributed by atoms with Crippen LogP contribution in [0, 0.1) is 12.8 Å². The Morgan fingerprint density at radius 1 is 1.14 bits per heavy atom. The number of rotatable bonds is 7. The van der Waals surface area contributed by atoms with E-state index in [0.29, 0.717) is 30.3 Å². The van der Waals surface area contributed by atoms with Gasteiger partial charge in [-0.25, -0.2) is 0 Å². The molecule has 2 aliphatic rings. The van der Waals surface area contributed by atoms with E-state index < -0.39 is 0 Å². The van der Waals surface area contributed by atoms with Gasteiger partial charge in [-0.1, -0.05) is 35.7 Å². The second-order valence-electron chi connectivity index (χ2n) is 8.07. The Morgan fingerprint density at radius 3 is 2.54 bits per heavy atom. The van der Waals surface area contributed by atoms with E-state index >= 15 is 0 Å². The average molecular weight is 381 g/mol. The smallest absolute Gasteiger partial charge is 0.273 e. The Bertz CT molecular complexity index is 833. The molecule has 6 heteroatoms. The molecule has 1 N–H and O–H groups in total. The minimum atomic E-state index is -0.209. The van der Waals surface area contributed by atoms with E-state index in [4.69, 9.17) is 4.52 Å². The zero-order valence-electron chi connectivity index (χ0n) is 16.3. The molecule has 2 fully saturated rings. The van der Waals surface area contributed by atoms with Crippen molar-refractivity contribution in [2.45, 2.75) is 58.0 Å². The molecule has 4 rings (SSSR count). The minimum Gasteiger partial charge on any atom is -0.359 e. The number of aryl methyl sites for hydroxylation is 1. The molecule has 0 unspecified atom stereocenters. The molecule has 0 spiro atoms. The van der Waals surface area contributed by atoms with Crippen LogP contribution in [0.2, 0.25) is 0 Å². The Hall–Kier alpha value is -2.63. The van der Waals surface area contributed by atoms with Crippen molar-refractivity contribution < 1.29 is 14.1 Å². The summed E-state index contributed by atoms with van der Waals surface area (Å²) in [5.41, 5.74) is 2.09. The monoisotopic (exact) mass is 381 g/mol. The summed E-state index contributed by atoms with van der Waals surface area (Å²) in [6.45, 7) is 3.04. The highest BCUT2D eigenvalue weighted by atomic mass is 16.5. The van der Waals surface area contributed by atoms with Gasteiger partial charge in [-0.15, -0.1) is 0 Å². The third-order valence-corrected chi connectivity index (χ3v) is 5.69. The first kappa shape index (κ1) is 18.7. The lowest BCUT2D eigenvalue weighted by atomic mass is 10.1. The Kier molecular flexibility index (Phi) is 5.46. The van der Waals surface area contributed by atoms with E-state index in [1.165, 1.54) is 12.8 Å². The van der Waals surface area contributed by atoms with Gasteiger partial charge in [0.15, 0.2) is 11.5 Å². The highest BCUT2D eigenvalue weighted by Crippen LogP contribution is 2.28. The molecular formula is C22H27N3O3. The van der Waals surface area contributed by atoms with Crippen LogP contribution in [0.1, 0.15) is 70.7 Å². The molecular weight excluding hydrogens is 354 g/mol. The van der Waals surface area contributed by atoms with Crippen molar-refractivity contribution >= 4 is 11.8 Å². The average Bonchev–Trinajstić information content (AvgIpc) is 3.17. The number of amides is 2. The molecule has 6 nitrogen and oxygen atoms in total. The van der Waals surface area contributed by atoms with Crippen molar-refractivity contribution in [3.8, 4) is 0 Å². The van der Waals surface area contributed by atoms with Crippen molar-refractivity contribution in [3.05, 3.63) is 52.9 Å². The van der Waals surface area contributed by atoms with Gasteiger partial charge in [0.05, 0.1) is 6.54 Å². The second kappa shape index (κ2) is 8.17. The number of carbonyl (C=O) groups excluding carboxylic acids is 2. The third-order valence-electron chi connectivity index (χ3n) is 5.69. The summed E-state index contributed by atoms with van der Waals surface area (Å²) >= 11 is 0. The first-order chi connectivity index (χ1) is 13.6. The number of nitrogens with zero attached hydrogens (tertiary/aromatic N) is 2. The van der Waals surface area contributed by atoms with Crippen LogP contribution in [0.3, 0.4) is 0 Å². The number of nitrogens with one attached hydrogen (secondary N) is 1. The van der Waals surface area contributed by atoms with E-state index in [9.17, 15) is 9.59 Å². The maximum atomic E-state index is 13.2. The molecule has 0 radical (unpaired) electrons. The lowest BCUT2D eigenvalue weighted by Crippen LogP contribution is -2.38. The van der Waals surface area contributed by atoms with Crippen molar-refractivity contribution in [3.63, 3.8) is 0 Å². The number of hydrogen-bond donors (Lipinski definition) is 1. The van der Waals surface area contributed by atoms with Gasteiger partial charge < -0.3 is 14.7 Å². The topological polar surface area (TPSA) is 75.4 Å². The Labute approximate surface area is 165 Å². The maximum Gasteiger partial charge on any atom is 0.273 e. The Balaban J connectivity index is 1.47. The third kappa shape index (κ3) is 4.43. The molecule has 1 aromatic heterocycles. The maximum absolute atomic E-state index is 13.2. The van der Waals surface area contributed by atoms with Crippen molar-refractivity contribution in [1.82, 2.24) is 15.4 Å². The van der Waals surface area contributed by atoms with Crippen molar-refractivity contribution in [1.29, 1.82) is 0 Å². The largest absolute Gasteiger partial charge is 0.359 e. The van der Waals surface area contributed by atoms with Crippen LogP contribution in [-0.2, 0) is 6.54 Å². The van der Waals surface area contributed by atoms with Crippen LogP contribution in [0.4, 0.5) is 0 Å². The van der Waals surface area contributed by atoms with Gasteiger partial charge in [-0.2, -0.15) is 0 Å². The van der Waals surface area contributed by atoms with Crippen LogP contribution >= 0.6 is 0 Å². The van der Waals surface area contributed by atoms with Crippen LogP contribution < -0.4 is 5.32 Å². The van der Waals surface area contributed by atoms with E-state index in [1.807, 2.05) is 36.1 Å². The molecule has 0 saturated heterocycles. The molecule has 148 valence electrons. The summed E-state index contributed by atoms with van der Waals surface area (Å²) < 4.78 is 5.40. The fourth-order valence-corrected chi connectivity index (χ4v) is 3.76. The normalized spacial score (nSPS) is 16.9. The number of carbonyl (C=O) groups is 2. The summed E-state index contributed by atoms with van der Waals surface area (Å²) in [6, 6.07) is 9.51. The number of aromatic nitrogens is 1. The molecule has 28 heavy (non-hydrogen) atoms. The van der Waals surface area contributed by atoms with Gasteiger partial charge in [-0.3, -0.25) is 9.59 Å². The lowest BCUT2D eigenvalue weighted by Gasteiger charge is -2.28. The quantitative estimate of drug-likeness (QED) is 0.793. The molecule has 2 aromatic rings. The summed E-state index contributed by atoms with van der Waals surface area (Å²) in [5, 5.41) is 6.81. The SMILES string of the molecule is Cc1ccc(C(=O)N(Cc2cc(C(=O)NCC3CC3)no2)C2CCCC2)cc1. The van der Waals surface area contributed by atoms with Crippen molar-refractivity contribution in [2.24, 2.45) is 5.92 Å². The highest BCUT2D eigenvalue weighted by Gasteiger charge is 2.29. The lowest BCUT2D eigenvalue weighted by molar-refractivity contribution is 0.0643. The molecule has 2 amide bonds. The highest BCUT2D eigenvalue weighted by molar-refractivity contribution is 5.94. The molecule has 0 aliphatic heterocycles. The predicted molar refractivity (Wildman–Crippen MR) is 105 cm³/mol. The van der Waals surface area contributed by atoms with E-state index in [2.05, 4.69) is 10.5 Å². The van der Waals surface area contributed by atoms with Gasteiger partial charge in [-0.05, 0) is 50.7 Å². The standard InChI is InChI=1S/C22H27N3O3/c1-15-6-10-17(11-7-15)22(27)25(18-4-2-3-5-18)14-19-12-20(24-28-19)21(26)23-13-16-8-9-16/h6-7,10-12,16,18H,2-5,8-9,13-14H2,1H3,(H,23,26). The van der Waals surface area contributed by atoms with Gasteiger partial charge in [0, 0.05) is 24.2 Å². The summed E-state index contributed by atoms with van der Waals surface area (Å²) in [7, 11) is 0. The van der Waals surface area contributed by atoms with Crippen LogP contribution in [0.25, 0.3) is 0 Å². The fourth-order valence-electron chi connectivity index (χ4n) is 3.76. The van der Waals surface area contributed by atoms with Gasteiger partial charge in [0.25, 0.3) is 11.8 Å². The van der Waals surface area contributed by atoms with E-state index in [0.717, 1.165) is 31.2 Å². The molecule has 2 aliphatic carbocycles.